The van der Waals surface area contributed by atoms with E-state index in [-0.39, 0.29) is 11.3 Å². The lowest BCUT2D eigenvalue weighted by Crippen LogP contribution is -2.02. The van der Waals surface area contributed by atoms with Gasteiger partial charge in [0.25, 0.3) is 5.69 Å². The summed E-state index contributed by atoms with van der Waals surface area (Å²) in [7, 11) is 1.84. The number of non-ortho nitro benzene ring substituents is 1. The van der Waals surface area contributed by atoms with Crippen molar-refractivity contribution in [1.82, 2.24) is 9.78 Å². The summed E-state index contributed by atoms with van der Waals surface area (Å²) in [5, 5.41) is 27.1. The summed E-state index contributed by atoms with van der Waals surface area (Å²) in [5.41, 5.74) is 2.64. The number of nitro groups is 1. The van der Waals surface area contributed by atoms with E-state index in [2.05, 4.69) is 10.4 Å². The largest absolute Gasteiger partial charge is 0.380 e. The second-order valence-electron chi connectivity index (χ2n) is 4.37. The topological polar surface area (TPSA) is 96.8 Å². The summed E-state index contributed by atoms with van der Waals surface area (Å²) >= 11 is 0. The predicted octanol–water partition coefficient (Wildman–Crippen LogP) is 2.12. The first-order valence-electron chi connectivity index (χ1n) is 5.93. The van der Waals surface area contributed by atoms with Crippen molar-refractivity contribution in [1.29, 1.82) is 5.26 Å². The van der Waals surface area contributed by atoms with E-state index in [4.69, 9.17) is 5.26 Å². The van der Waals surface area contributed by atoms with Crippen molar-refractivity contribution in [2.75, 3.05) is 5.32 Å². The molecule has 20 heavy (non-hydrogen) atoms. The minimum absolute atomic E-state index is 0.0929. The molecule has 1 N–H and O–H groups in total. The Morgan fingerprint density at radius 2 is 2.30 bits per heavy atom. The minimum Gasteiger partial charge on any atom is -0.380 e. The van der Waals surface area contributed by atoms with Crippen molar-refractivity contribution in [2.45, 2.75) is 13.5 Å². The Morgan fingerprint density at radius 1 is 1.55 bits per heavy atom. The summed E-state index contributed by atoms with van der Waals surface area (Å²) in [6.45, 7) is 2.41. The van der Waals surface area contributed by atoms with Crippen molar-refractivity contribution >= 4 is 11.4 Å². The molecule has 1 aromatic carbocycles. The average molecular weight is 271 g/mol. The molecule has 0 bridgehead atoms. The highest BCUT2D eigenvalue weighted by Gasteiger charge is 2.11. The molecule has 1 aromatic heterocycles. The number of anilines is 1. The molecule has 0 atom stereocenters. The maximum absolute atomic E-state index is 10.7. The van der Waals surface area contributed by atoms with Gasteiger partial charge in [0.2, 0.25) is 0 Å². The molecule has 0 radical (unpaired) electrons. The van der Waals surface area contributed by atoms with Crippen LogP contribution in [0.4, 0.5) is 11.4 Å². The van der Waals surface area contributed by atoms with Crippen LogP contribution in [0.1, 0.15) is 16.8 Å². The van der Waals surface area contributed by atoms with Gasteiger partial charge in [-0.15, -0.1) is 0 Å². The van der Waals surface area contributed by atoms with E-state index in [1.165, 1.54) is 12.1 Å². The number of aryl methyl sites for hydroxylation is 2. The van der Waals surface area contributed by atoms with Gasteiger partial charge in [0, 0.05) is 37.5 Å². The van der Waals surface area contributed by atoms with Gasteiger partial charge in [-0.05, 0) is 13.0 Å². The molecule has 1 heterocycles. The van der Waals surface area contributed by atoms with E-state index >= 15 is 0 Å². The molecule has 0 aliphatic rings. The number of nitriles is 1. The molecule has 0 aliphatic heterocycles. The van der Waals surface area contributed by atoms with Crippen molar-refractivity contribution in [3.05, 3.63) is 51.3 Å². The Bertz CT molecular complexity index is 699. The first kappa shape index (κ1) is 13.5. The lowest BCUT2D eigenvalue weighted by Gasteiger charge is -2.07. The predicted molar refractivity (Wildman–Crippen MR) is 73.1 cm³/mol. The first-order valence-corrected chi connectivity index (χ1v) is 5.93. The fraction of sp³-hybridized carbons (Fsp3) is 0.231. The van der Waals surface area contributed by atoms with Crippen LogP contribution in [0.25, 0.3) is 0 Å². The van der Waals surface area contributed by atoms with Gasteiger partial charge in [-0.3, -0.25) is 14.8 Å². The molecule has 0 spiro atoms. The summed E-state index contributed by atoms with van der Waals surface area (Å²) in [5.74, 6) is 0. The summed E-state index contributed by atoms with van der Waals surface area (Å²) in [4.78, 5) is 10.2. The van der Waals surface area contributed by atoms with Crippen molar-refractivity contribution in [3.63, 3.8) is 0 Å². The molecule has 0 amide bonds. The zero-order valence-electron chi connectivity index (χ0n) is 11.1. The zero-order chi connectivity index (χ0) is 14.7. The number of rotatable bonds is 4. The van der Waals surface area contributed by atoms with E-state index in [0.29, 0.717) is 12.2 Å². The highest BCUT2D eigenvalue weighted by molar-refractivity contribution is 5.61. The van der Waals surface area contributed by atoms with Crippen molar-refractivity contribution < 1.29 is 4.92 Å². The minimum atomic E-state index is -0.518. The van der Waals surface area contributed by atoms with E-state index < -0.39 is 4.92 Å². The Kier molecular flexibility index (Phi) is 3.66. The third kappa shape index (κ3) is 2.75. The number of benzene rings is 1. The molecule has 7 nitrogen and oxygen atoms in total. The van der Waals surface area contributed by atoms with Crippen LogP contribution in [0, 0.1) is 28.4 Å². The maximum Gasteiger partial charge on any atom is 0.270 e. The molecule has 7 heteroatoms. The van der Waals surface area contributed by atoms with Crippen molar-refractivity contribution in [2.24, 2.45) is 7.05 Å². The van der Waals surface area contributed by atoms with Crippen LogP contribution in [0.3, 0.4) is 0 Å². The van der Waals surface area contributed by atoms with Gasteiger partial charge in [-0.25, -0.2) is 0 Å². The molecule has 102 valence electrons. The second-order valence-corrected chi connectivity index (χ2v) is 4.37. The monoisotopic (exact) mass is 271 g/mol. The number of nitro benzene ring substituents is 1. The van der Waals surface area contributed by atoms with Gasteiger partial charge in [-0.2, -0.15) is 10.4 Å². The smallest absolute Gasteiger partial charge is 0.270 e. The molecule has 0 unspecified atom stereocenters. The lowest BCUT2D eigenvalue weighted by atomic mass is 10.1. The van der Waals surface area contributed by atoms with E-state index in [1.807, 2.05) is 26.2 Å². The van der Waals surface area contributed by atoms with Crippen molar-refractivity contribution in [3.8, 4) is 6.07 Å². The normalized spacial score (nSPS) is 10.1. The standard InChI is InChI=1S/C13H13N5O2/c1-9-11(8-17(2)16-9)7-15-13-4-3-12(18(19)20)5-10(13)6-14/h3-5,8,15H,7H2,1-2H3. The molecule has 2 rings (SSSR count). The fourth-order valence-electron chi connectivity index (χ4n) is 1.91. The number of hydrogen-bond donors (Lipinski definition) is 1. The number of hydrogen-bond acceptors (Lipinski definition) is 5. The second kappa shape index (κ2) is 5.40. The molecule has 0 aliphatic carbocycles. The third-order valence-corrected chi connectivity index (χ3v) is 2.92. The maximum atomic E-state index is 10.7. The SMILES string of the molecule is Cc1nn(C)cc1CNc1ccc([N+](=O)[O-])cc1C#N. The van der Waals surface area contributed by atoms with Crippen LogP contribution in [0.5, 0.6) is 0 Å². The molecular weight excluding hydrogens is 258 g/mol. The van der Waals surface area contributed by atoms with Gasteiger partial charge in [0.05, 0.1) is 21.9 Å². The fourth-order valence-corrected chi connectivity index (χ4v) is 1.91. The van der Waals surface area contributed by atoms with Crippen LogP contribution in [-0.4, -0.2) is 14.7 Å². The van der Waals surface area contributed by atoms with Crippen LogP contribution < -0.4 is 5.32 Å². The molecule has 0 fully saturated rings. The quantitative estimate of drug-likeness (QED) is 0.678. The summed E-state index contributed by atoms with van der Waals surface area (Å²) in [6, 6.07) is 6.14. The van der Waals surface area contributed by atoms with Gasteiger partial charge < -0.3 is 5.32 Å². The number of nitrogens with zero attached hydrogens (tertiary/aromatic N) is 4. The Balaban J connectivity index is 2.20. The van der Waals surface area contributed by atoms with Gasteiger partial charge >= 0.3 is 0 Å². The summed E-state index contributed by atoms with van der Waals surface area (Å²) < 4.78 is 1.72. The number of nitrogens with one attached hydrogen (secondary N) is 1. The third-order valence-electron chi connectivity index (χ3n) is 2.92. The van der Waals surface area contributed by atoms with E-state index in [1.54, 1.807) is 10.7 Å². The van der Waals surface area contributed by atoms with E-state index in [0.717, 1.165) is 11.3 Å². The zero-order valence-corrected chi connectivity index (χ0v) is 11.1. The first-order chi connectivity index (χ1) is 9.51. The average Bonchev–Trinajstić information content (AvgIpc) is 2.74. The molecule has 2 aromatic rings. The molecule has 0 saturated heterocycles. The van der Waals surface area contributed by atoms with Gasteiger partial charge in [0.1, 0.15) is 6.07 Å². The van der Waals surface area contributed by atoms with Crippen LogP contribution in [0.2, 0.25) is 0 Å². The van der Waals surface area contributed by atoms with Gasteiger partial charge in [-0.1, -0.05) is 0 Å². The Labute approximate surface area is 115 Å². The number of aromatic nitrogens is 2. The van der Waals surface area contributed by atoms with E-state index in [9.17, 15) is 10.1 Å². The lowest BCUT2D eigenvalue weighted by molar-refractivity contribution is -0.384. The van der Waals surface area contributed by atoms with Crippen LogP contribution >= 0.6 is 0 Å². The Hall–Kier alpha value is -2.88. The summed E-state index contributed by atoms with van der Waals surface area (Å²) in [6.07, 6.45) is 1.89. The van der Waals surface area contributed by atoms with Crippen LogP contribution in [-0.2, 0) is 13.6 Å². The van der Waals surface area contributed by atoms with Gasteiger partial charge in [0.15, 0.2) is 0 Å². The molecule has 0 saturated carbocycles. The Morgan fingerprint density at radius 3 is 2.85 bits per heavy atom. The van der Waals surface area contributed by atoms with Crippen LogP contribution in [0.15, 0.2) is 24.4 Å². The highest BCUT2D eigenvalue weighted by Crippen LogP contribution is 2.22. The molecular formula is C13H13N5O2. The highest BCUT2D eigenvalue weighted by atomic mass is 16.6.